The van der Waals surface area contributed by atoms with E-state index in [4.69, 9.17) is 4.74 Å². The lowest BCUT2D eigenvalue weighted by atomic mass is 10.2. The molecule has 8 heteroatoms. The molecule has 1 atom stereocenters. The second-order valence-electron chi connectivity index (χ2n) is 7.45. The van der Waals surface area contributed by atoms with Crippen molar-refractivity contribution in [3.63, 3.8) is 0 Å². The lowest BCUT2D eigenvalue weighted by Crippen LogP contribution is -2.50. The van der Waals surface area contributed by atoms with E-state index in [-0.39, 0.29) is 6.10 Å². The minimum atomic E-state index is 0.183. The summed E-state index contributed by atoms with van der Waals surface area (Å²) in [4.78, 5) is 15.3. The fourth-order valence-electron chi connectivity index (χ4n) is 3.27. The first-order chi connectivity index (χ1) is 13.6. The summed E-state index contributed by atoms with van der Waals surface area (Å²) >= 11 is 0. The number of hydrogen-bond acceptors (Lipinski definition) is 5. The molecule has 152 valence electrons. The van der Waals surface area contributed by atoms with Crippen molar-refractivity contribution in [1.82, 2.24) is 30.1 Å². The van der Waals surface area contributed by atoms with Crippen LogP contribution in [0.15, 0.2) is 42.0 Å². The van der Waals surface area contributed by atoms with Crippen molar-refractivity contribution in [3.8, 4) is 5.82 Å². The Hall–Kier alpha value is -2.45. The number of aliphatic imine (C=N–C) groups is 1. The van der Waals surface area contributed by atoms with Crippen molar-refractivity contribution in [2.45, 2.75) is 26.5 Å². The van der Waals surface area contributed by atoms with E-state index < -0.39 is 0 Å². The average molecular weight is 386 g/mol. The van der Waals surface area contributed by atoms with Crippen LogP contribution in [0.2, 0.25) is 0 Å². The Bertz CT molecular complexity index is 728. The summed E-state index contributed by atoms with van der Waals surface area (Å²) in [6.45, 7) is 9.80. The van der Waals surface area contributed by atoms with Crippen LogP contribution >= 0.6 is 0 Å². The molecule has 3 heterocycles. The van der Waals surface area contributed by atoms with Crippen LogP contribution in [-0.4, -0.2) is 71.3 Å². The Morgan fingerprint density at radius 1 is 1.36 bits per heavy atom. The monoisotopic (exact) mass is 385 g/mol. The number of morpholine rings is 1. The van der Waals surface area contributed by atoms with Crippen molar-refractivity contribution in [1.29, 1.82) is 0 Å². The molecule has 0 bridgehead atoms. The Kier molecular flexibility index (Phi) is 7.39. The van der Waals surface area contributed by atoms with Gasteiger partial charge >= 0.3 is 0 Å². The van der Waals surface area contributed by atoms with Crippen LogP contribution in [0, 0.1) is 5.92 Å². The van der Waals surface area contributed by atoms with Crippen LogP contribution in [0.25, 0.3) is 5.82 Å². The Morgan fingerprint density at radius 2 is 2.25 bits per heavy atom. The molecule has 0 amide bonds. The fourth-order valence-corrected chi connectivity index (χ4v) is 3.27. The molecule has 0 aliphatic carbocycles. The third-order valence-corrected chi connectivity index (χ3v) is 4.61. The van der Waals surface area contributed by atoms with Crippen LogP contribution < -0.4 is 10.6 Å². The van der Waals surface area contributed by atoms with Crippen molar-refractivity contribution in [2.75, 3.05) is 39.8 Å². The Labute approximate surface area is 167 Å². The molecule has 2 aromatic heterocycles. The first kappa shape index (κ1) is 20.3. The van der Waals surface area contributed by atoms with Gasteiger partial charge in [-0.2, -0.15) is 0 Å². The van der Waals surface area contributed by atoms with Gasteiger partial charge in [-0.05, 0) is 17.5 Å². The number of hydrogen-bond donors (Lipinski definition) is 2. The van der Waals surface area contributed by atoms with Gasteiger partial charge in [-0.3, -0.25) is 14.5 Å². The zero-order valence-corrected chi connectivity index (χ0v) is 17.0. The van der Waals surface area contributed by atoms with Gasteiger partial charge in [-0.15, -0.1) is 0 Å². The van der Waals surface area contributed by atoms with Crippen molar-refractivity contribution in [2.24, 2.45) is 10.9 Å². The highest BCUT2D eigenvalue weighted by Gasteiger charge is 2.21. The molecule has 3 rings (SSSR count). The smallest absolute Gasteiger partial charge is 0.191 e. The van der Waals surface area contributed by atoms with E-state index in [1.54, 1.807) is 19.6 Å². The van der Waals surface area contributed by atoms with E-state index in [0.717, 1.165) is 50.1 Å². The molecule has 2 N–H and O–H groups in total. The van der Waals surface area contributed by atoms with E-state index >= 15 is 0 Å². The highest BCUT2D eigenvalue weighted by molar-refractivity contribution is 5.79. The first-order valence-electron chi connectivity index (χ1n) is 9.85. The summed E-state index contributed by atoms with van der Waals surface area (Å²) in [5, 5.41) is 6.70. The summed E-state index contributed by atoms with van der Waals surface area (Å²) in [5.41, 5.74) is 1.09. The van der Waals surface area contributed by atoms with E-state index in [1.165, 1.54) is 0 Å². The molecule has 28 heavy (non-hydrogen) atoms. The predicted octanol–water partition coefficient (Wildman–Crippen LogP) is 1.29. The largest absolute Gasteiger partial charge is 0.374 e. The van der Waals surface area contributed by atoms with Crippen LogP contribution in [-0.2, 0) is 11.3 Å². The molecular weight excluding hydrogens is 354 g/mol. The maximum atomic E-state index is 5.89. The molecule has 0 aromatic carbocycles. The maximum Gasteiger partial charge on any atom is 0.191 e. The van der Waals surface area contributed by atoms with E-state index in [1.807, 2.05) is 23.0 Å². The Balaban J connectivity index is 1.43. The molecule has 1 saturated heterocycles. The van der Waals surface area contributed by atoms with Gasteiger partial charge in [-0.1, -0.05) is 19.9 Å². The molecule has 1 aliphatic rings. The number of imidazole rings is 1. The van der Waals surface area contributed by atoms with Gasteiger partial charge in [0.15, 0.2) is 5.96 Å². The molecule has 2 aromatic rings. The quantitative estimate of drug-likeness (QED) is 0.552. The lowest BCUT2D eigenvalue weighted by Gasteiger charge is -2.34. The van der Waals surface area contributed by atoms with Gasteiger partial charge in [0, 0.05) is 58.4 Å². The predicted molar refractivity (Wildman–Crippen MR) is 111 cm³/mol. The van der Waals surface area contributed by atoms with Gasteiger partial charge in [0.2, 0.25) is 0 Å². The van der Waals surface area contributed by atoms with Crippen LogP contribution in [0.4, 0.5) is 0 Å². The number of guanidine groups is 1. The topological polar surface area (TPSA) is 79.6 Å². The van der Waals surface area contributed by atoms with E-state index in [2.05, 4.69) is 50.4 Å². The number of pyridine rings is 1. The molecule has 1 aliphatic heterocycles. The third-order valence-electron chi connectivity index (χ3n) is 4.61. The molecular formula is C20H31N7O. The molecule has 1 unspecified atom stereocenters. The van der Waals surface area contributed by atoms with Gasteiger partial charge in [-0.25, -0.2) is 9.97 Å². The highest BCUT2D eigenvalue weighted by Crippen LogP contribution is 2.08. The summed E-state index contributed by atoms with van der Waals surface area (Å²) in [6, 6.07) is 4.03. The van der Waals surface area contributed by atoms with E-state index in [0.29, 0.717) is 12.5 Å². The normalized spacial score (nSPS) is 18.4. The average Bonchev–Trinajstić information content (AvgIpc) is 3.23. The van der Waals surface area contributed by atoms with E-state index in [9.17, 15) is 0 Å². The minimum absolute atomic E-state index is 0.183. The minimum Gasteiger partial charge on any atom is -0.374 e. The number of nitrogens with one attached hydrogen (secondary N) is 2. The second kappa shape index (κ2) is 10.2. The fraction of sp³-hybridized carbons (Fsp3) is 0.550. The lowest BCUT2D eigenvalue weighted by molar-refractivity contribution is -0.0284. The number of aromatic nitrogens is 3. The van der Waals surface area contributed by atoms with Crippen molar-refractivity contribution >= 4 is 5.96 Å². The SMILES string of the molecule is CN=C(NCc1ccc(-n2ccnc2)nc1)NCC1CN(CC(C)C)CCO1. The van der Waals surface area contributed by atoms with Crippen molar-refractivity contribution < 1.29 is 4.74 Å². The standard InChI is InChI=1S/C20H31N7O/c1-16(2)13-26-8-9-28-18(14-26)12-25-20(21-3)24-11-17-4-5-19(23-10-17)27-7-6-22-15-27/h4-7,10,15-16,18H,8-9,11-14H2,1-3H3,(H2,21,24,25). The van der Waals surface area contributed by atoms with Crippen LogP contribution in [0.3, 0.4) is 0 Å². The molecule has 0 spiro atoms. The summed E-state index contributed by atoms with van der Waals surface area (Å²) in [5.74, 6) is 2.29. The van der Waals surface area contributed by atoms with Crippen LogP contribution in [0.5, 0.6) is 0 Å². The first-order valence-corrected chi connectivity index (χ1v) is 9.85. The molecule has 1 fully saturated rings. The number of rotatable bonds is 7. The van der Waals surface area contributed by atoms with Gasteiger partial charge in [0.25, 0.3) is 0 Å². The molecule has 8 nitrogen and oxygen atoms in total. The molecule has 0 radical (unpaired) electrons. The summed E-state index contributed by atoms with van der Waals surface area (Å²) < 4.78 is 7.77. The zero-order chi connectivity index (χ0) is 19.8. The maximum absolute atomic E-state index is 5.89. The van der Waals surface area contributed by atoms with Crippen molar-refractivity contribution in [3.05, 3.63) is 42.6 Å². The Morgan fingerprint density at radius 3 is 2.93 bits per heavy atom. The van der Waals surface area contributed by atoms with Gasteiger partial charge in [0.05, 0.1) is 12.7 Å². The number of nitrogens with zero attached hydrogens (tertiary/aromatic N) is 5. The zero-order valence-electron chi connectivity index (χ0n) is 17.0. The number of ether oxygens (including phenoxy) is 1. The second-order valence-corrected chi connectivity index (χ2v) is 7.45. The van der Waals surface area contributed by atoms with Crippen LogP contribution in [0.1, 0.15) is 19.4 Å². The third kappa shape index (κ3) is 6.03. The summed E-state index contributed by atoms with van der Waals surface area (Å²) in [7, 11) is 1.78. The van der Waals surface area contributed by atoms with Gasteiger partial charge in [0.1, 0.15) is 12.1 Å². The molecule has 0 saturated carbocycles. The highest BCUT2D eigenvalue weighted by atomic mass is 16.5. The summed E-state index contributed by atoms with van der Waals surface area (Å²) in [6.07, 6.45) is 7.40. The van der Waals surface area contributed by atoms with Gasteiger partial charge < -0.3 is 15.4 Å².